The number of benzene rings is 1. The van der Waals surface area contributed by atoms with E-state index in [2.05, 4.69) is 27.5 Å². The highest BCUT2D eigenvalue weighted by Crippen LogP contribution is 2.42. The number of nitrogens with one attached hydrogen (secondary N) is 3. The number of rotatable bonds is 9. The second-order valence-electron chi connectivity index (χ2n) is 8.30. The van der Waals surface area contributed by atoms with E-state index in [9.17, 15) is 4.79 Å². The Morgan fingerprint density at radius 1 is 1.23 bits per heavy atom. The van der Waals surface area contributed by atoms with Gasteiger partial charge in [0.25, 0.3) is 0 Å². The molecule has 2 aliphatic carbocycles. The number of carbonyl (C=O) groups is 1. The Morgan fingerprint density at radius 3 is 2.73 bits per heavy atom. The number of anilines is 3. The highest BCUT2D eigenvalue weighted by molar-refractivity contribution is 5.79. The van der Waals surface area contributed by atoms with Crippen LogP contribution < -0.4 is 26.4 Å². The monoisotopic (exact) mass is 405 g/mol. The highest BCUT2D eigenvalue weighted by atomic mass is 16.1. The molecule has 0 saturated heterocycles. The molecule has 4 rings (SSSR count). The van der Waals surface area contributed by atoms with Crippen molar-refractivity contribution in [2.75, 3.05) is 23.7 Å². The molecule has 3 N–H and O–H groups in total. The quantitative estimate of drug-likeness (QED) is 0.559. The summed E-state index contributed by atoms with van der Waals surface area (Å²) >= 11 is 0. The maximum atomic E-state index is 11.9. The molecule has 30 heavy (non-hydrogen) atoms. The smallest absolute Gasteiger partial charge is 0.229 e. The number of hydrogen-bond donors (Lipinski definition) is 3. The van der Waals surface area contributed by atoms with E-state index < -0.39 is 0 Å². The second-order valence-corrected chi connectivity index (χ2v) is 8.30. The summed E-state index contributed by atoms with van der Waals surface area (Å²) < 4.78 is 0. The number of hydrogen-bond acceptors (Lipinski definition) is 5. The molecular weight excluding hydrogens is 374 g/mol. The molecule has 2 saturated carbocycles. The van der Waals surface area contributed by atoms with Crippen molar-refractivity contribution in [1.82, 2.24) is 15.3 Å². The number of carbonyl (C=O) groups excluding carboxylic acids is 1. The lowest BCUT2D eigenvalue weighted by Crippen LogP contribution is -2.35. The zero-order valence-electron chi connectivity index (χ0n) is 17.7. The van der Waals surface area contributed by atoms with Crippen molar-refractivity contribution in [3.8, 4) is 0 Å². The number of aromatic nitrogens is 2. The van der Waals surface area contributed by atoms with E-state index in [1.807, 2.05) is 37.4 Å². The van der Waals surface area contributed by atoms with Crippen LogP contribution in [0.2, 0.25) is 0 Å². The van der Waals surface area contributed by atoms with Crippen LogP contribution >= 0.6 is 0 Å². The Morgan fingerprint density at radius 2 is 2.07 bits per heavy atom. The molecule has 6 nitrogen and oxygen atoms in total. The minimum absolute atomic E-state index is 0.213. The fourth-order valence-electron chi connectivity index (χ4n) is 3.70. The molecule has 1 aromatic heterocycles. The van der Waals surface area contributed by atoms with Crippen LogP contribution in [-0.2, 0) is 4.79 Å². The van der Waals surface area contributed by atoms with E-state index in [1.54, 1.807) is 0 Å². The highest BCUT2D eigenvalue weighted by Gasteiger charge is 2.27. The first-order valence-electron chi connectivity index (χ1n) is 11.0. The predicted molar refractivity (Wildman–Crippen MR) is 122 cm³/mol. The third kappa shape index (κ3) is 4.99. The van der Waals surface area contributed by atoms with E-state index in [0.29, 0.717) is 18.4 Å². The summed E-state index contributed by atoms with van der Waals surface area (Å²) in [6, 6.07) is 6.06. The molecular formula is C24H31N5O. The van der Waals surface area contributed by atoms with E-state index >= 15 is 0 Å². The van der Waals surface area contributed by atoms with Gasteiger partial charge in [-0.2, -0.15) is 4.98 Å². The SMILES string of the molecule is C=c1cc(Nc2ncc(C3CC3)c(NCCCNC(=O)C3CCC3)n2)cc/c1=C/C. The minimum Gasteiger partial charge on any atom is -0.370 e. The summed E-state index contributed by atoms with van der Waals surface area (Å²) in [5.74, 6) is 2.50. The zero-order valence-corrected chi connectivity index (χ0v) is 17.7. The van der Waals surface area contributed by atoms with Gasteiger partial charge in [-0.1, -0.05) is 25.1 Å². The van der Waals surface area contributed by atoms with E-state index in [4.69, 9.17) is 4.98 Å². The van der Waals surface area contributed by atoms with Gasteiger partial charge in [-0.15, -0.1) is 0 Å². The Bertz CT molecular complexity index is 1010. The van der Waals surface area contributed by atoms with E-state index in [0.717, 1.165) is 47.7 Å². The fraction of sp³-hybridized carbons (Fsp3) is 0.458. The molecule has 1 aromatic carbocycles. The summed E-state index contributed by atoms with van der Waals surface area (Å²) in [5, 5.41) is 11.9. The summed E-state index contributed by atoms with van der Waals surface area (Å²) in [6.45, 7) is 7.57. The molecule has 1 heterocycles. The van der Waals surface area contributed by atoms with Crippen molar-refractivity contribution in [3.63, 3.8) is 0 Å². The van der Waals surface area contributed by atoms with Crippen LogP contribution in [0.25, 0.3) is 12.7 Å². The van der Waals surface area contributed by atoms with Crippen LogP contribution in [-0.4, -0.2) is 29.0 Å². The predicted octanol–water partition coefficient (Wildman–Crippen LogP) is 3.03. The molecule has 0 atom stereocenters. The van der Waals surface area contributed by atoms with Crippen LogP contribution in [0.1, 0.15) is 56.9 Å². The van der Waals surface area contributed by atoms with Crippen LogP contribution in [0, 0.1) is 5.92 Å². The first-order valence-corrected chi connectivity index (χ1v) is 11.0. The van der Waals surface area contributed by atoms with Gasteiger partial charge in [0.1, 0.15) is 5.82 Å². The van der Waals surface area contributed by atoms with Gasteiger partial charge in [-0.05, 0) is 67.5 Å². The van der Waals surface area contributed by atoms with Crippen molar-refractivity contribution in [2.24, 2.45) is 5.92 Å². The third-order valence-electron chi connectivity index (χ3n) is 5.97. The van der Waals surface area contributed by atoms with Crippen molar-refractivity contribution >= 4 is 36.0 Å². The van der Waals surface area contributed by atoms with Crippen molar-refractivity contribution in [1.29, 1.82) is 0 Å². The minimum atomic E-state index is 0.213. The summed E-state index contributed by atoms with van der Waals surface area (Å²) in [7, 11) is 0. The Balaban J connectivity index is 1.36. The standard InChI is InChI=1S/C24H31N5O/c1-3-17-10-11-20(14-16(17)2)28-24-27-15-21(18-8-9-18)22(29-24)25-12-5-13-26-23(30)19-6-4-7-19/h3,10-11,14-15,18-19H,2,4-9,12-13H2,1H3,(H,26,30)(H2,25,27,28,29)/b17-3-. The fourth-order valence-corrected chi connectivity index (χ4v) is 3.70. The molecule has 1 amide bonds. The third-order valence-corrected chi connectivity index (χ3v) is 5.97. The van der Waals surface area contributed by atoms with Gasteiger partial charge in [0, 0.05) is 36.5 Å². The lowest BCUT2D eigenvalue weighted by atomic mass is 9.85. The molecule has 2 aliphatic rings. The Labute approximate surface area is 177 Å². The zero-order chi connectivity index (χ0) is 20.9. The van der Waals surface area contributed by atoms with Gasteiger partial charge in [0.2, 0.25) is 11.9 Å². The van der Waals surface area contributed by atoms with Gasteiger partial charge >= 0.3 is 0 Å². The number of amides is 1. The number of nitrogens with zero attached hydrogens (tertiary/aromatic N) is 2. The van der Waals surface area contributed by atoms with Crippen LogP contribution in [0.5, 0.6) is 0 Å². The lowest BCUT2D eigenvalue weighted by molar-refractivity contribution is -0.127. The maximum absolute atomic E-state index is 11.9. The molecule has 0 radical (unpaired) electrons. The molecule has 0 aliphatic heterocycles. The van der Waals surface area contributed by atoms with Gasteiger partial charge in [-0.25, -0.2) is 4.98 Å². The lowest BCUT2D eigenvalue weighted by Gasteiger charge is -2.24. The largest absolute Gasteiger partial charge is 0.370 e. The molecule has 0 bridgehead atoms. The van der Waals surface area contributed by atoms with E-state index in [1.165, 1.54) is 24.8 Å². The van der Waals surface area contributed by atoms with Crippen LogP contribution in [0.15, 0.2) is 24.4 Å². The average Bonchev–Trinajstić information content (AvgIpc) is 3.52. The molecule has 158 valence electrons. The Hall–Kier alpha value is -2.89. The molecule has 0 unspecified atom stereocenters. The Kier molecular flexibility index (Phi) is 6.31. The van der Waals surface area contributed by atoms with Gasteiger partial charge in [-0.3, -0.25) is 4.79 Å². The van der Waals surface area contributed by atoms with Crippen LogP contribution in [0.4, 0.5) is 17.5 Å². The molecule has 2 fully saturated rings. The van der Waals surface area contributed by atoms with Crippen molar-refractivity contribution < 1.29 is 4.79 Å². The summed E-state index contributed by atoms with van der Waals surface area (Å²) in [4.78, 5) is 21.2. The first kappa shape index (κ1) is 20.4. The normalized spacial score (nSPS) is 16.8. The van der Waals surface area contributed by atoms with Crippen LogP contribution in [0.3, 0.4) is 0 Å². The summed E-state index contributed by atoms with van der Waals surface area (Å²) in [5.41, 5.74) is 2.11. The average molecular weight is 406 g/mol. The van der Waals surface area contributed by atoms with Gasteiger partial charge in [0.05, 0.1) is 0 Å². The topological polar surface area (TPSA) is 78.9 Å². The summed E-state index contributed by atoms with van der Waals surface area (Å²) in [6.07, 6.45) is 10.5. The van der Waals surface area contributed by atoms with Crippen molar-refractivity contribution in [2.45, 2.75) is 51.4 Å². The van der Waals surface area contributed by atoms with Gasteiger partial charge < -0.3 is 16.0 Å². The second kappa shape index (κ2) is 9.28. The van der Waals surface area contributed by atoms with Crippen molar-refractivity contribution in [3.05, 3.63) is 40.4 Å². The maximum Gasteiger partial charge on any atom is 0.229 e. The van der Waals surface area contributed by atoms with E-state index in [-0.39, 0.29) is 11.8 Å². The van der Waals surface area contributed by atoms with Gasteiger partial charge in [0.15, 0.2) is 0 Å². The molecule has 0 spiro atoms. The first-order chi connectivity index (χ1) is 14.6. The molecule has 6 heteroatoms. The molecule has 2 aromatic rings.